The maximum Gasteiger partial charge on any atom is 0.265 e. The second kappa shape index (κ2) is 9.72. The Morgan fingerprint density at radius 1 is 1.03 bits per heavy atom. The summed E-state index contributed by atoms with van der Waals surface area (Å²) in [4.78, 5) is 35.6. The molecule has 1 unspecified atom stereocenters. The van der Waals surface area contributed by atoms with E-state index in [0.717, 1.165) is 25.3 Å². The minimum atomic E-state index is -0.205. The Bertz CT molecular complexity index is 1460. The van der Waals surface area contributed by atoms with Gasteiger partial charge in [0.1, 0.15) is 5.39 Å². The highest BCUT2D eigenvalue weighted by atomic mass is 35.5. The van der Waals surface area contributed by atoms with Gasteiger partial charge in [0, 0.05) is 49.9 Å². The third-order valence-electron chi connectivity index (χ3n) is 6.83. The number of carbonyl (C=O) groups is 1. The predicted octanol–water partition coefficient (Wildman–Crippen LogP) is 3.62. The van der Waals surface area contributed by atoms with Crippen molar-refractivity contribution in [1.82, 2.24) is 29.1 Å². The van der Waals surface area contributed by atoms with Gasteiger partial charge in [-0.05, 0) is 29.8 Å². The van der Waals surface area contributed by atoms with E-state index in [4.69, 9.17) is 16.6 Å². The van der Waals surface area contributed by atoms with Crippen LogP contribution in [-0.2, 0) is 11.3 Å². The van der Waals surface area contributed by atoms with Crippen LogP contribution in [0.5, 0.6) is 0 Å². The van der Waals surface area contributed by atoms with Crippen molar-refractivity contribution >= 4 is 40.3 Å². The summed E-state index contributed by atoms with van der Waals surface area (Å²) in [6, 6.07) is 17.4. The maximum absolute atomic E-state index is 13.4. The molecule has 2 aromatic carbocycles. The first-order chi connectivity index (χ1) is 17.6. The van der Waals surface area contributed by atoms with Gasteiger partial charge in [-0.1, -0.05) is 53.7 Å². The Hall–Kier alpha value is -3.14. The second-order valence-electron chi connectivity index (χ2n) is 9.15. The molecule has 36 heavy (non-hydrogen) atoms. The molecule has 2 aliphatic heterocycles. The van der Waals surface area contributed by atoms with E-state index in [1.807, 2.05) is 23.1 Å². The molecule has 4 heterocycles. The quantitative estimate of drug-likeness (QED) is 0.374. The highest BCUT2D eigenvalue weighted by molar-refractivity contribution is 7.99. The lowest BCUT2D eigenvalue weighted by atomic mass is 10.1. The van der Waals surface area contributed by atoms with Gasteiger partial charge in [-0.25, -0.2) is 9.67 Å². The van der Waals surface area contributed by atoms with E-state index in [1.54, 1.807) is 27.6 Å². The van der Waals surface area contributed by atoms with Gasteiger partial charge < -0.3 is 4.90 Å². The van der Waals surface area contributed by atoms with E-state index in [0.29, 0.717) is 46.5 Å². The molecule has 0 spiro atoms. The molecule has 0 radical (unpaired) electrons. The predicted molar refractivity (Wildman–Crippen MR) is 141 cm³/mol. The Morgan fingerprint density at radius 2 is 1.78 bits per heavy atom. The van der Waals surface area contributed by atoms with Crippen LogP contribution in [0.4, 0.5) is 0 Å². The molecule has 1 saturated heterocycles. The van der Waals surface area contributed by atoms with Gasteiger partial charge in [0.05, 0.1) is 17.9 Å². The molecule has 10 heteroatoms. The van der Waals surface area contributed by atoms with Gasteiger partial charge >= 0.3 is 0 Å². The summed E-state index contributed by atoms with van der Waals surface area (Å²) in [5.41, 5.74) is 2.44. The number of benzene rings is 2. The van der Waals surface area contributed by atoms with E-state index in [-0.39, 0.29) is 17.5 Å². The van der Waals surface area contributed by atoms with Crippen molar-refractivity contribution in [2.45, 2.75) is 24.2 Å². The molecule has 0 aliphatic carbocycles. The van der Waals surface area contributed by atoms with E-state index in [2.05, 4.69) is 34.3 Å². The Balaban J connectivity index is 1.15. The Labute approximate surface area is 217 Å². The maximum atomic E-state index is 13.4. The van der Waals surface area contributed by atoms with Crippen molar-refractivity contribution in [3.63, 3.8) is 0 Å². The molecule has 0 bridgehead atoms. The van der Waals surface area contributed by atoms with Crippen molar-refractivity contribution in [3.05, 3.63) is 81.7 Å². The summed E-state index contributed by atoms with van der Waals surface area (Å²) < 4.78 is 3.34. The molecule has 0 N–H and O–H groups in total. The number of hydrogen-bond donors (Lipinski definition) is 0. The average Bonchev–Trinajstić information content (AvgIpc) is 3.51. The number of carbonyl (C=O) groups excluding carboxylic acids is 1. The van der Waals surface area contributed by atoms with Gasteiger partial charge in [0.2, 0.25) is 5.91 Å². The van der Waals surface area contributed by atoms with Crippen LogP contribution in [0.1, 0.15) is 18.0 Å². The first kappa shape index (κ1) is 23.3. The molecule has 6 rings (SSSR count). The molecule has 1 fully saturated rings. The highest BCUT2D eigenvalue weighted by Gasteiger charge is 2.31. The first-order valence-corrected chi connectivity index (χ1v) is 13.4. The van der Waals surface area contributed by atoms with E-state index < -0.39 is 0 Å². The smallest absolute Gasteiger partial charge is 0.265 e. The SMILES string of the molecule is O=C(CC1CSc2nc3c(cnn3-c3ccc(Cl)cc3)c(=O)n21)N1CCN(Cc2ccccc2)CC1. The second-order valence-corrected chi connectivity index (χ2v) is 10.6. The fourth-order valence-electron chi connectivity index (χ4n) is 4.88. The van der Waals surface area contributed by atoms with Gasteiger partial charge in [-0.3, -0.25) is 19.1 Å². The number of amides is 1. The normalized spacial score (nSPS) is 18.0. The lowest BCUT2D eigenvalue weighted by Crippen LogP contribution is -2.48. The van der Waals surface area contributed by atoms with Crippen molar-refractivity contribution < 1.29 is 4.79 Å². The minimum absolute atomic E-state index is 0.0941. The largest absolute Gasteiger partial charge is 0.340 e. The van der Waals surface area contributed by atoms with Crippen molar-refractivity contribution in [2.75, 3.05) is 31.9 Å². The fourth-order valence-corrected chi connectivity index (χ4v) is 6.14. The monoisotopic (exact) mass is 520 g/mol. The first-order valence-electron chi connectivity index (χ1n) is 12.0. The van der Waals surface area contributed by atoms with E-state index >= 15 is 0 Å². The van der Waals surface area contributed by atoms with Crippen LogP contribution in [-0.4, -0.2) is 67.0 Å². The van der Waals surface area contributed by atoms with Gasteiger partial charge in [-0.15, -0.1) is 0 Å². The average molecular weight is 521 g/mol. The fraction of sp³-hybridized carbons (Fsp3) is 0.308. The molecule has 0 saturated carbocycles. The van der Waals surface area contributed by atoms with Crippen LogP contribution in [0.25, 0.3) is 16.7 Å². The van der Waals surface area contributed by atoms with Crippen LogP contribution in [0.15, 0.2) is 70.7 Å². The molecular weight excluding hydrogens is 496 g/mol. The number of nitrogens with zero attached hydrogens (tertiary/aromatic N) is 6. The number of rotatable bonds is 5. The van der Waals surface area contributed by atoms with Crippen LogP contribution >= 0.6 is 23.4 Å². The zero-order chi connectivity index (χ0) is 24.6. The van der Waals surface area contributed by atoms with Crippen molar-refractivity contribution in [3.8, 4) is 5.69 Å². The third-order valence-corrected chi connectivity index (χ3v) is 8.18. The number of piperazine rings is 1. The molecule has 8 nitrogen and oxygen atoms in total. The van der Waals surface area contributed by atoms with Crippen LogP contribution in [0.3, 0.4) is 0 Å². The summed E-state index contributed by atoms with van der Waals surface area (Å²) in [6.07, 6.45) is 1.86. The van der Waals surface area contributed by atoms with Crippen molar-refractivity contribution in [1.29, 1.82) is 0 Å². The molecular formula is C26H25ClN6O2S. The summed E-state index contributed by atoms with van der Waals surface area (Å²) in [5.74, 6) is 0.750. The number of fused-ring (bicyclic) bond motifs is 2. The van der Waals surface area contributed by atoms with Crippen LogP contribution in [0, 0.1) is 0 Å². The van der Waals surface area contributed by atoms with Crippen molar-refractivity contribution in [2.24, 2.45) is 0 Å². The number of hydrogen-bond acceptors (Lipinski definition) is 6. The van der Waals surface area contributed by atoms with Gasteiger partial charge in [0.15, 0.2) is 10.8 Å². The number of aromatic nitrogens is 4. The van der Waals surface area contributed by atoms with Crippen LogP contribution < -0.4 is 5.56 Å². The number of thioether (sulfide) groups is 1. The molecule has 2 aromatic heterocycles. The van der Waals surface area contributed by atoms with Gasteiger partial charge in [-0.2, -0.15) is 5.10 Å². The summed E-state index contributed by atoms with van der Waals surface area (Å²) in [5, 5.41) is 6.11. The zero-order valence-corrected chi connectivity index (χ0v) is 21.2. The van der Waals surface area contributed by atoms with Crippen LogP contribution in [0.2, 0.25) is 5.02 Å². The topological polar surface area (TPSA) is 76.3 Å². The molecule has 1 amide bonds. The molecule has 2 aliphatic rings. The summed E-state index contributed by atoms with van der Waals surface area (Å²) in [7, 11) is 0. The summed E-state index contributed by atoms with van der Waals surface area (Å²) >= 11 is 7.53. The van der Waals surface area contributed by atoms with Gasteiger partial charge in [0.25, 0.3) is 5.56 Å². The van der Waals surface area contributed by atoms with E-state index in [1.165, 1.54) is 17.3 Å². The highest BCUT2D eigenvalue weighted by Crippen LogP contribution is 2.34. The third kappa shape index (κ3) is 4.42. The number of halogens is 1. The standard InChI is InChI=1S/C26H25ClN6O2S/c27-19-6-8-20(9-7-19)33-24-22(15-28-33)25(35)32-21(17-36-26(32)29-24)14-23(34)31-12-10-30(11-13-31)16-18-4-2-1-3-5-18/h1-9,15,21H,10-14,16-17H2. The Kier molecular flexibility index (Phi) is 6.29. The minimum Gasteiger partial charge on any atom is -0.340 e. The molecule has 1 atom stereocenters. The lowest BCUT2D eigenvalue weighted by Gasteiger charge is -2.35. The lowest BCUT2D eigenvalue weighted by molar-refractivity contribution is -0.133. The summed E-state index contributed by atoms with van der Waals surface area (Å²) in [6.45, 7) is 4.01. The van der Waals surface area contributed by atoms with E-state index in [9.17, 15) is 9.59 Å². The Morgan fingerprint density at radius 3 is 2.53 bits per heavy atom. The molecule has 4 aromatic rings. The zero-order valence-electron chi connectivity index (χ0n) is 19.6. The molecule has 184 valence electrons.